The summed E-state index contributed by atoms with van der Waals surface area (Å²) in [6.45, 7) is 3.99. The smallest absolute Gasteiger partial charge is 0.425 e. The fourth-order valence-electron chi connectivity index (χ4n) is 5.09. The largest absolute Gasteiger partial charge is 0.449 e. The highest BCUT2D eigenvalue weighted by Crippen LogP contribution is 2.39. The molecule has 2 amide bonds. The van der Waals surface area contributed by atoms with Crippen molar-refractivity contribution >= 4 is 40.6 Å². The van der Waals surface area contributed by atoms with Gasteiger partial charge in [-0.1, -0.05) is 84.0 Å². The lowest BCUT2D eigenvalue weighted by molar-refractivity contribution is -0.0890. The monoisotopic (exact) mass is 620 g/mol. The summed E-state index contributed by atoms with van der Waals surface area (Å²) < 4.78 is 18.4. The molecule has 0 bridgehead atoms. The highest BCUT2D eigenvalue weighted by Gasteiger charge is 2.47. The average Bonchev–Trinajstić information content (AvgIpc) is 3.57. The van der Waals surface area contributed by atoms with Crippen LogP contribution in [0.1, 0.15) is 104 Å². The summed E-state index contributed by atoms with van der Waals surface area (Å²) in [5.41, 5.74) is -1.34. The molecule has 0 radical (unpaired) electrons. The molecule has 3 atom stereocenters. The number of hydrogen-bond acceptors (Lipinski definition) is 9. The molecule has 2 aromatic heterocycles. The number of aromatic nitrogens is 3. The van der Waals surface area contributed by atoms with E-state index in [4.69, 9.17) is 32.2 Å². The Balaban J connectivity index is 1.82. The highest BCUT2D eigenvalue weighted by molar-refractivity contribution is 6.29. The highest BCUT2D eigenvalue weighted by atomic mass is 35.5. The van der Waals surface area contributed by atoms with Crippen molar-refractivity contribution < 1.29 is 34.0 Å². The van der Waals surface area contributed by atoms with Gasteiger partial charge in [0.2, 0.25) is 5.28 Å². The van der Waals surface area contributed by atoms with E-state index in [1.165, 1.54) is 0 Å². The van der Waals surface area contributed by atoms with E-state index in [0.717, 1.165) is 69.1 Å². The van der Waals surface area contributed by atoms with Crippen molar-refractivity contribution in [3.05, 3.63) is 17.5 Å². The van der Waals surface area contributed by atoms with Gasteiger partial charge in [-0.15, -0.1) is 6.42 Å². The van der Waals surface area contributed by atoms with E-state index in [2.05, 4.69) is 29.7 Å². The molecule has 0 spiro atoms. The molecule has 12 heteroatoms. The molecule has 1 aliphatic heterocycles. The molecule has 0 saturated carbocycles. The zero-order valence-corrected chi connectivity index (χ0v) is 26.1. The molecule has 0 aliphatic carbocycles. The lowest BCUT2D eigenvalue weighted by Gasteiger charge is -2.24. The number of halogens is 1. The molecule has 3 heterocycles. The van der Waals surface area contributed by atoms with Crippen molar-refractivity contribution in [1.82, 2.24) is 14.5 Å². The van der Waals surface area contributed by atoms with Crippen LogP contribution in [0.2, 0.25) is 5.28 Å². The molecule has 2 aromatic rings. The summed E-state index contributed by atoms with van der Waals surface area (Å²) in [7, 11) is 0. The third-order valence-electron chi connectivity index (χ3n) is 7.65. The van der Waals surface area contributed by atoms with Crippen molar-refractivity contribution in [1.29, 1.82) is 0 Å². The molecule has 0 unspecified atom stereocenters. The number of hydrogen-bond donors (Lipinski definition) is 2. The van der Waals surface area contributed by atoms with E-state index >= 15 is 0 Å². The molecular weight excluding hydrogens is 576 g/mol. The molecule has 1 saturated heterocycles. The first-order chi connectivity index (χ1) is 20.8. The lowest BCUT2D eigenvalue weighted by atomic mass is 9.99. The zero-order valence-electron chi connectivity index (χ0n) is 25.3. The van der Waals surface area contributed by atoms with Crippen molar-refractivity contribution in [2.24, 2.45) is 0 Å². The first-order valence-corrected chi connectivity index (χ1v) is 15.8. The number of nitrogens with zero attached hydrogens (tertiary/aromatic N) is 4. The number of amides is 2. The van der Waals surface area contributed by atoms with E-state index in [0.29, 0.717) is 18.2 Å². The first-order valence-electron chi connectivity index (χ1n) is 15.4. The summed E-state index contributed by atoms with van der Waals surface area (Å²) in [5.74, 6) is 2.24. The van der Waals surface area contributed by atoms with Gasteiger partial charge in [-0.2, -0.15) is 14.9 Å². The van der Waals surface area contributed by atoms with Crippen molar-refractivity contribution in [2.75, 3.05) is 24.7 Å². The molecule has 1 fully saturated rings. The fraction of sp³-hybridized carbons (Fsp3) is 0.677. The van der Waals surface area contributed by atoms with E-state index in [-0.39, 0.29) is 36.4 Å². The first kappa shape index (κ1) is 34.6. The molecule has 3 rings (SSSR count). The van der Waals surface area contributed by atoms with Crippen LogP contribution in [0, 0.1) is 12.3 Å². The Morgan fingerprint density at radius 2 is 1.60 bits per heavy atom. The predicted octanol–water partition coefficient (Wildman–Crippen LogP) is 6.53. The molecule has 11 nitrogen and oxygen atoms in total. The Kier molecular flexibility index (Phi) is 14.0. The minimum Gasteiger partial charge on any atom is -0.449 e. The van der Waals surface area contributed by atoms with Gasteiger partial charge in [-0.05, 0) is 30.5 Å². The number of aliphatic hydroxyl groups is 2. The third-order valence-corrected chi connectivity index (χ3v) is 7.82. The van der Waals surface area contributed by atoms with Crippen LogP contribution in [0.25, 0.3) is 11.0 Å². The van der Waals surface area contributed by atoms with Crippen LogP contribution in [0.3, 0.4) is 0 Å². The average molecular weight is 621 g/mol. The Hall–Kier alpha value is -2.91. The van der Waals surface area contributed by atoms with Crippen LogP contribution >= 0.6 is 11.6 Å². The number of anilines is 1. The van der Waals surface area contributed by atoms with Gasteiger partial charge in [0, 0.05) is 12.6 Å². The normalized spacial score (nSPS) is 19.8. The van der Waals surface area contributed by atoms with Crippen LogP contribution < -0.4 is 4.90 Å². The van der Waals surface area contributed by atoms with E-state index < -0.39 is 36.7 Å². The molecule has 1 aliphatic rings. The minimum absolute atomic E-state index is 0.0653. The fourth-order valence-corrected chi connectivity index (χ4v) is 5.25. The second-order valence-electron chi connectivity index (χ2n) is 10.9. The number of aliphatic hydroxyl groups excluding tert-OH is 2. The minimum atomic E-state index is -1.58. The summed E-state index contributed by atoms with van der Waals surface area (Å²) >= 11 is 6.30. The number of carbonyl (C=O) groups is 2. The van der Waals surface area contributed by atoms with Gasteiger partial charge in [-0.25, -0.2) is 9.59 Å². The number of carbonyl (C=O) groups excluding carboxylic acids is 2. The van der Waals surface area contributed by atoms with E-state index in [1.54, 1.807) is 16.8 Å². The number of ether oxygens (including phenoxy) is 3. The summed E-state index contributed by atoms with van der Waals surface area (Å²) in [4.78, 5) is 35.9. The van der Waals surface area contributed by atoms with Crippen LogP contribution in [-0.2, 0) is 14.2 Å². The topological polar surface area (TPSA) is 136 Å². The summed E-state index contributed by atoms with van der Waals surface area (Å²) in [5, 5.41) is 20.4. The SMILES string of the molecule is C#C[C@]1(CO)O[C@@H](n2ccc3c(N(C(=O)OCCCCCCCC)C(=O)OCCCCCCCC)nc(Cl)nc32)C[C@@H]1O. The van der Waals surface area contributed by atoms with Gasteiger partial charge in [0.15, 0.2) is 11.4 Å². The quantitative estimate of drug-likeness (QED) is 0.115. The third kappa shape index (κ3) is 9.05. The Morgan fingerprint density at radius 1 is 1.05 bits per heavy atom. The Labute approximate surface area is 258 Å². The predicted molar refractivity (Wildman–Crippen MR) is 164 cm³/mol. The van der Waals surface area contributed by atoms with Crippen LogP contribution in [-0.4, -0.2) is 68.5 Å². The maximum absolute atomic E-state index is 13.3. The van der Waals surface area contributed by atoms with E-state index in [1.807, 2.05) is 0 Å². The van der Waals surface area contributed by atoms with Gasteiger partial charge in [0.25, 0.3) is 0 Å². The van der Waals surface area contributed by atoms with Crippen molar-refractivity contribution in [2.45, 2.75) is 115 Å². The van der Waals surface area contributed by atoms with Crippen molar-refractivity contribution in [3.8, 4) is 12.3 Å². The van der Waals surface area contributed by atoms with Gasteiger partial charge in [0.05, 0.1) is 25.2 Å². The molecule has 43 heavy (non-hydrogen) atoms. The Bertz CT molecular complexity index is 1200. The number of terminal acetylenes is 1. The van der Waals surface area contributed by atoms with Crippen LogP contribution in [0.4, 0.5) is 15.4 Å². The van der Waals surface area contributed by atoms with Crippen LogP contribution in [0.15, 0.2) is 12.3 Å². The molecule has 238 valence electrons. The number of fused-ring (bicyclic) bond motifs is 1. The second kappa shape index (κ2) is 17.4. The van der Waals surface area contributed by atoms with Crippen LogP contribution in [0.5, 0.6) is 0 Å². The maximum Gasteiger partial charge on any atom is 0.425 e. The van der Waals surface area contributed by atoms with Gasteiger partial charge < -0.3 is 29.0 Å². The molecule has 0 aromatic carbocycles. The zero-order chi connectivity index (χ0) is 31.2. The summed E-state index contributed by atoms with van der Waals surface area (Å²) in [6, 6.07) is 1.60. The van der Waals surface area contributed by atoms with Crippen molar-refractivity contribution in [3.63, 3.8) is 0 Å². The number of imide groups is 1. The van der Waals surface area contributed by atoms with E-state index in [9.17, 15) is 19.8 Å². The maximum atomic E-state index is 13.3. The van der Waals surface area contributed by atoms with Gasteiger partial charge >= 0.3 is 12.2 Å². The number of unbranched alkanes of at least 4 members (excludes halogenated alkanes) is 10. The standard InChI is InChI=1S/C31H45ClN4O7/c1-4-7-9-11-13-15-19-41-29(39)36(30(40)42-20-16-14-12-10-8-5-2)27-23-17-18-35(26(23)33-28(32)34-27)25-21-24(38)31(6-3,22-37)43-25/h3,17-18,24-25,37-38H,4-5,7-16,19-22H2,1-2H3/t24-,25+,31+/m0/s1. The lowest BCUT2D eigenvalue weighted by Crippen LogP contribution is -2.41. The van der Waals surface area contributed by atoms with Gasteiger partial charge in [0.1, 0.15) is 18.0 Å². The number of rotatable bonds is 17. The second-order valence-corrected chi connectivity index (χ2v) is 11.2. The molecular formula is C31H45ClN4O7. The van der Waals surface area contributed by atoms with Gasteiger partial charge in [-0.3, -0.25) is 0 Å². The Morgan fingerprint density at radius 3 is 2.12 bits per heavy atom. The summed E-state index contributed by atoms with van der Waals surface area (Å²) in [6.07, 6.45) is 15.5. The molecule has 2 N–H and O–H groups in total.